The fraction of sp³-hybridized carbons (Fsp3) is 0.333. The fourth-order valence-electron chi connectivity index (χ4n) is 1.89. The van der Waals surface area contributed by atoms with E-state index in [0.29, 0.717) is 31.4 Å². The molecule has 0 unspecified atom stereocenters. The van der Waals surface area contributed by atoms with Gasteiger partial charge in [0.25, 0.3) is 0 Å². The van der Waals surface area contributed by atoms with Gasteiger partial charge in [0.05, 0.1) is 12.6 Å². The quantitative estimate of drug-likeness (QED) is 0.934. The summed E-state index contributed by atoms with van der Waals surface area (Å²) in [5.74, 6) is 1.11. The molecule has 3 rings (SSSR count). The molecule has 0 saturated carbocycles. The minimum atomic E-state index is -0.209. The number of rotatable bonds is 3. The van der Waals surface area contributed by atoms with Crippen LogP contribution in [0.15, 0.2) is 33.2 Å². The molecule has 1 fully saturated rings. The van der Waals surface area contributed by atoms with Crippen LogP contribution in [0.1, 0.15) is 5.89 Å². The summed E-state index contributed by atoms with van der Waals surface area (Å²) in [5, 5.41) is 17.2. The van der Waals surface area contributed by atoms with Crippen LogP contribution in [-0.2, 0) is 6.54 Å². The second-order valence-corrected chi connectivity index (χ2v) is 5.27. The highest BCUT2D eigenvalue weighted by Gasteiger charge is 2.25. The van der Waals surface area contributed by atoms with Gasteiger partial charge in [0.1, 0.15) is 0 Å². The number of halogens is 1. The number of aliphatic hydroxyl groups excluding tert-OH is 1. The zero-order valence-corrected chi connectivity index (χ0v) is 11.2. The second kappa shape index (κ2) is 4.79. The van der Waals surface area contributed by atoms with E-state index in [4.69, 9.17) is 4.42 Å². The Bertz CT molecular complexity index is 535. The van der Waals surface area contributed by atoms with Crippen molar-refractivity contribution in [3.05, 3.63) is 34.6 Å². The maximum atomic E-state index is 9.19. The number of benzene rings is 1. The van der Waals surface area contributed by atoms with Crippen molar-refractivity contribution in [3.63, 3.8) is 0 Å². The average Bonchev–Trinajstić information content (AvgIpc) is 2.77. The highest BCUT2D eigenvalue weighted by atomic mass is 79.9. The fourth-order valence-corrected chi connectivity index (χ4v) is 2.15. The third-order valence-corrected chi connectivity index (χ3v) is 3.38. The normalized spacial score (nSPS) is 16.8. The maximum Gasteiger partial charge on any atom is 0.247 e. The van der Waals surface area contributed by atoms with Crippen molar-refractivity contribution in [3.8, 4) is 11.5 Å². The lowest BCUT2D eigenvalue weighted by Crippen LogP contribution is -2.49. The summed E-state index contributed by atoms with van der Waals surface area (Å²) in [6, 6.07) is 7.72. The van der Waals surface area contributed by atoms with Gasteiger partial charge in [-0.15, -0.1) is 10.2 Å². The third kappa shape index (κ3) is 2.45. The van der Waals surface area contributed by atoms with Crippen LogP contribution in [0, 0.1) is 0 Å². The molecule has 6 heteroatoms. The van der Waals surface area contributed by atoms with E-state index in [1.807, 2.05) is 24.3 Å². The van der Waals surface area contributed by atoms with Gasteiger partial charge in [0, 0.05) is 23.1 Å². The van der Waals surface area contributed by atoms with Gasteiger partial charge in [-0.05, 0) is 24.3 Å². The molecule has 1 aromatic carbocycles. The lowest BCUT2D eigenvalue weighted by molar-refractivity contribution is -0.00712. The van der Waals surface area contributed by atoms with Crippen LogP contribution in [0.25, 0.3) is 11.5 Å². The Kier molecular flexibility index (Phi) is 3.15. The smallest absolute Gasteiger partial charge is 0.247 e. The van der Waals surface area contributed by atoms with Crippen molar-refractivity contribution in [2.45, 2.75) is 12.6 Å². The molecule has 0 amide bonds. The predicted molar refractivity (Wildman–Crippen MR) is 68.7 cm³/mol. The van der Waals surface area contributed by atoms with Gasteiger partial charge in [-0.2, -0.15) is 0 Å². The molecule has 1 aliphatic heterocycles. The van der Waals surface area contributed by atoms with Gasteiger partial charge in [-0.25, -0.2) is 0 Å². The first kappa shape index (κ1) is 11.8. The highest BCUT2D eigenvalue weighted by molar-refractivity contribution is 9.10. The molecule has 0 atom stereocenters. The number of hydrogen-bond donors (Lipinski definition) is 1. The molecule has 2 aromatic rings. The third-order valence-electron chi connectivity index (χ3n) is 2.85. The number of hydrogen-bond acceptors (Lipinski definition) is 5. The Morgan fingerprint density at radius 1 is 1.28 bits per heavy atom. The van der Waals surface area contributed by atoms with Crippen LogP contribution >= 0.6 is 15.9 Å². The van der Waals surface area contributed by atoms with Crippen molar-refractivity contribution in [2.24, 2.45) is 0 Å². The van der Waals surface area contributed by atoms with Gasteiger partial charge in [0.15, 0.2) is 0 Å². The summed E-state index contributed by atoms with van der Waals surface area (Å²) in [4.78, 5) is 2.06. The molecule has 18 heavy (non-hydrogen) atoms. The lowest BCUT2D eigenvalue weighted by Gasteiger charge is -2.34. The summed E-state index contributed by atoms with van der Waals surface area (Å²) in [6.45, 7) is 1.95. The van der Waals surface area contributed by atoms with Crippen LogP contribution in [-0.4, -0.2) is 39.4 Å². The molecule has 2 heterocycles. The summed E-state index contributed by atoms with van der Waals surface area (Å²) in [6.07, 6.45) is -0.209. The topological polar surface area (TPSA) is 62.4 Å². The largest absolute Gasteiger partial charge is 0.419 e. The Morgan fingerprint density at radius 2 is 2.00 bits per heavy atom. The average molecular weight is 310 g/mol. The van der Waals surface area contributed by atoms with E-state index in [1.165, 1.54) is 0 Å². The molecule has 94 valence electrons. The number of nitrogens with zero attached hydrogens (tertiary/aromatic N) is 3. The minimum absolute atomic E-state index is 0.209. The van der Waals surface area contributed by atoms with Crippen LogP contribution in [0.4, 0.5) is 0 Å². The van der Waals surface area contributed by atoms with Gasteiger partial charge < -0.3 is 9.52 Å². The molecule has 1 aromatic heterocycles. The van der Waals surface area contributed by atoms with Gasteiger partial charge in [-0.3, -0.25) is 4.90 Å². The van der Waals surface area contributed by atoms with Gasteiger partial charge in [0.2, 0.25) is 11.8 Å². The van der Waals surface area contributed by atoms with Crippen molar-refractivity contribution in [1.82, 2.24) is 15.1 Å². The molecule has 5 nitrogen and oxygen atoms in total. The van der Waals surface area contributed by atoms with E-state index in [2.05, 4.69) is 31.0 Å². The van der Waals surface area contributed by atoms with Crippen molar-refractivity contribution >= 4 is 15.9 Å². The molecule has 0 bridgehead atoms. The molecular weight excluding hydrogens is 298 g/mol. The molecule has 1 saturated heterocycles. The summed E-state index contributed by atoms with van der Waals surface area (Å²) in [7, 11) is 0. The number of aromatic nitrogens is 2. The van der Waals surface area contributed by atoms with Gasteiger partial charge in [-0.1, -0.05) is 15.9 Å². The van der Waals surface area contributed by atoms with E-state index in [0.717, 1.165) is 10.0 Å². The van der Waals surface area contributed by atoms with E-state index in [-0.39, 0.29) is 6.10 Å². The lowest BCUT2D eigenvalue weighted by atomic mass is 10.2. The second-order valence-electron chi connectivity index (χ2n) is 4.36. The highest BCUT2D eigenvalue weighted by Crippen LogP contribution is 2.21. The predicted octanol–water partition coefficient (Wildman–Crippen LogP) is 1.68. The Morgan fingerprint density at radius 3 is 2.67 bits per heavy atom. The standard InChI is InChI=1S/C12H12BrN3O2/c13-9-3-1-8(2-4-9)12-15-14-11(18-12)7-16-5-10(17)6-16/h1-4,10,17H,5-7H2. The van der Waals surface area contributed by atoms with Crippen LogP contribution in [0.2, 0.25) is 0 Å². The van der Waals surface area contributed by atoms with Crippen molar-refractivity contribution < 1.29 is 9.52 Å². The van der Waals surface area contributed by atoms with E-state index >= 15 is 0 Å². The maximum absolute atomic E-state index is 9.19. The summed E-state index contributed by atoms with van der Waals surface area (Å²) < 4.78 is 6.60. The number of aliphatic hydroxyl groups is 1. The monoisotopic (exact) mass is 309 g/mol. The van der Waals surface area contributed by atoms with Crippen molar-refractivity contribution in [2.75, 3.05) is 13.1 Å². The molecule has 1 aliphatic rings. The number of β-amino-alcohol motifs (C(OH)–C–C–N with tert-alkyl or cyclic N) is 1. The minimum Gasteiger partial charge on any atom is -0.419 e. The first-order valence-corrected chi connectivity index (χ1v) is 6.49. The molecule has 1 N–H and O–H groups in total. The summed E-state index contributed by atoms with van der Waals surface area (Å²) in [5.41, 5.74) is 0.903. The zero-order chi connectivity index (χ0) is 12.5. The van der Waals surface area contributed by atoms with E-state index in [1.54, 1.807) is 0 Å². The SMILES string of the molecule is OC1CN(Cc2nnc(-c3ccc(Br)cc3)o2)C1. The Hall–Kier alpha value is -1.24. The molecule has 0 spiro atoms. The van der Waals surface area contributed by atoms with E-state index < -0.39 is 0 Å². The van der Waals surface area contributed by atoms with E-state index in [9.17, 15) is 5.11 Å². The number of likely N-dealkylation sites (tertiary alicyclic amines) is 1. The Labute approximate surface area is 113 Å². The van der Waals surface area contributed by atoms with Crippen LogP contribution in [0.3, 0.4) is 0 Å². The zero-order valence-electron chi connectivity index (χ0n) is 9.58. The van der Waals surface area contributed by atoms with Crippen LogP contribution < -0.4 is 0 Å². The molecule has 0 aliphatic carbocycles. The van der Waals surface area contributed by atoms with Crippen LogP contribution in [0.5, 0.6) is 0 Å². The first-order valence-electron chi connectivity index (χ1n) is 5.69. The Balaban J connectivity index is 1.71. The molecular formula is C12H12BrN3O2. The first-order chi connectivity index (χ1) is 8.70. The summed E-state index contributed by atoms with van der Waals surface area (Å²) >= 11 is 3.38. The van der Waals surface area contributed by atoms with Gasteiger partial charge >= 0.3 is 0 Å². The van der Waals surface area contributed by atoms with Crippen molar-refractivity contribution in [1.29, 1.82) is 0 Å². The molecule has 0 radical (unpaired) electrons.